The van der Waals surface area contributed by atoms with Gasteiger partial charge in [-0.05, 0) is 6.92 Å². The fraction of sp³-hybridized carbons (Fsp3) is 0.727. The number of Topliss-reactive ketones (excluding diaryl/α,β-unsaturated/α-hetero) is 1. The van der Waals surface area contributed by atoms with Crippen molar-refractivity contribution in [3.8, 4) is 0 Å². The molecular formula is C11H19NO6. The second kappa shape index (κ2) is 7.07. The Morgan fingerprint density at radius 3 is 2.33 bits per heavy atom. The number of carbonyl (C=O) groups is 3. The van der Waals surface area contributed by atoms with Gasteiger partial charge in [0.15, 0.2) is 0 Å². The molecule has 0 bridgehead atoms. The first kappa shape index (κ1) is 16.5. The highest BCUT2D eigenvalue weighted by Gasteiger charge is 2.33. The molecule has 104 valence electrons. The molecule has 0 radical (unpaired) electrons. The Hall–Kier alpha value is -1.47. The van der Waals surface area contributed by atoms with Crippen molar-refractivity contribution in [1.82, 2.24) is 5.32 Å². The van der Waals surface area contributed by atoms with E-state index in [0.29, 0.717) is 0 Å². The third kappa shape index (κ3) is 4.80. The average Bonchev–Trinajstić information content (AvgIpc) is 2.34. The van der Waals surface area contributed by atoms with Crippen LogP contribution < -0.4 is 5.32 Å². The molecule has 0 spiro atoms. The second-order valence-corrected chi connectivity index (χ2v) is 4.41. The predicted molar refractivity (Wildman–Crippen MR) is 61.5 cm³/mol. The van der Waals surface area contributed by atoms with E-state index in [2.05, 4.69) is 10.1 Å². The van der Waals surface area contributed by atoms with E-state index in [0.717, 1.165) is 0 Å². The number of hydrogen-bond donors (Lipinski definition) is 3. The molecular weight excluding hydrogens is 242 g/mol. The van der Waals surface area contributed by atoms with Gasteiger partial charge in [-0.15, -0.1) is 0 Å². The maximum absolute atomic E-state index is 11.5. The van der Waals surface area contributed by atoms with Gasteiger partial charge < -0.3 is 20.3 Å². The zero-order chi connectivity index (χ0) is 14.3. The second-order valence-electron chi connectivity index (χ2n) is 4.41. The van der Waals surface area contributed by atoms with E-state index >= 15 is 0 Å². The van der Waals surface area contributed by atoms with E-state index in [-0.39, 0.29) is 6.61 Å². The van der Waals surface area contributed by atoms with Gasteiger partial charge in [-0.2, -0.15) is 0 Å². The van der Waals surface area contributed by atoms with E-state index in [9.17, 15) is 19.5 Å². The minimum absolute atomic E-state index is 0.0681. The van der Waals surface area contributed by atoms with Crippen LogP contribution in [0.25, 0.3) is 0 Å². The first-order valence-corrected chi connectivity index (χ1v) is 5.52. The van der Waals surface area contributed by atoms with Crippen molar-refractivity contribution in [2.24, 2.45) is 5.41 Å². The number of aliphatic hydroxyl groups is 2. The van der Waals surface area contributed by atoms with Crippen LogP contribution in [0.15, 0.2) is 0 Å². The summed E-state index contributed by atoms with van der Waals surface area (Å²) in [6.45, 7) is 3.66. The van der Waals surface area contributed by atoms with Crippen LogP contribution in [0.1, 0.15) is 20.8 Å². The van der Waals surface area contributed by atoms with Crippen LogP contribution in [-0.2, 0) is 19.1 Å². The molecule has 0 saturated heterocycles. The van der Waals surface area contributed by atoms with Crippen LogP contribution in [0.2, 0.25) is 0 Å². The third-order valence-corrected chi connectivity index (χ3v) is 2.32. The van der Waals surface area contributed by atoms with Crippen molar-refractivity contribution in [3.05, 3.63) is 0 Å². The molecule has 0 aromatic rings. The summed E-state index contributed by atoms with van der Waals surface area (Å²) in [7, 11) is 0. The summed E-state index contributed by atoms with van der Waals surface area (Å²) in [4.78, 5) is 33.6. The summed E-state index contributed by atoms with van der Waals surface area (Å²) in [6.07, 6.45) is -1.47. The molecule has 1 atom stereocenters. The molecule has 3 N–H and O–H groups in total. The molecule has 0 aliphatic carbocycles. The van der Waals surface area contributed by atoms with Crippen molar-refractivity contribution in [2.75, 3.05) is 19.8 Å². The third-order valence-electron chi connectivity index (χ3n) is 2.32. The molecule has 0 fully saturated rings. The largest absolute Gasteiger partial charge is 0.460 e. The molecule has 7 nitrogen and oxygen atoms in total. The van der Waals surface area contributed by atoms with Crippen LogP contribution in [0.4, 0.5) is 0 Å². The number of carbonyl (C=O) groups excluding carboxylic acids is 3. The van der Waals surface area contributed by atoms with Gasteiger partial charge in [0.2, 0.25) is 5.91 Å². The van der Waals surface area contributed by atoms with E-state index in [1.54, 1.807) is 6.92 Å². The van der Waals surface area contributed by atoms with E-state index < -0.39 is 42.3 Å². The highest BCUT2D eigenvalue weighted by Crippen LogP contribution is 2.19. The van der Waals surface area contributed by atoms with Crippen LogP contribution in [0.3, 0.4) is 0 Å². The van der Waals surface area contributed by atoms with Crippen LogP contribution in [-0.4, -0.2) is 53.7 Å². The number of amides is 1. The zero-order valence-corrected chi connectivity index (χ0v) is 10.7. The number of nitrogens with one attached hydrogen (secondary N) is 1. The van der Waals surface area contributed by atoms with E-state index in [4.69, 9.17) is 5.11 Å². The van der Waals surface area contributed by atoms with Crippen LogP contribution >= 0.6 is 0 Å². The SMILES string of the molecule is CCOC(=O)C(=O)CNC(=O)[C@H](O)C(C)(C)CO. The fourth-order valence-corrected chi connectivity index (χ4v) is 0.989. The molecule has 18 heavy (non-hydrogen) atoms. The topological polar surface area (TPSA) is 113 Å². The molecule has 0 aliphatic rings. The van der Waals surface area contributed by atoms with Crippen molar-refractivity contribution >= 4 is 17.7 Å². The summed E-state index contributed by atoms with van der Waals surface area (Å²) in [5.41, 5.74) is -1.03. The van der Waals surface area contributed by atoms with Crippen molar-refractivity contribution in [2.45, 2.75) is 26.9 Å². The van der Waals surface area contributed by atoms with E-state index in [1.165, 1.54) is 13.8 Å². The van der Waals surface area contributed by atoms with Crippen molar-refractivity contribution in [1.29, 1.82) is 0 Å². The van der Waals surface area contributed by atoms with Gasteiger partial charge in [-0.1, -0.05) is 13.8 Å². The summed E-state index contributed by atoms with van der Waals surface area (Å²) in [6, 6.07) is 0. The Labute approximate surface area is 105 Å². The Morgan fingerprint density at radius 2 is 1.89 bits per heavy atom. The number of aliphatic hydroxyl groups excluding tert-OH is 2. The van der Waals surface area contributed by atoms with Gasteiger partial charge in [0.1, 0.15) is 6.10 Å². The number of ketones is 1. The first-order valence-electron chi connectivity index (χ1n) is 5.52. The molecule has 7 heteroatoms. The molecule has 0 aliphatic heterocycles. The molecule has 0 saturated carbocycles. The number of esters is 1. The fourth-order valence-electron chi connectivity index (χ4n) is 0.989. The van der Waals surface area contributed by atoms with Gasteiger partial charge >= 0.3 is 5.97 Å². The normalized spacial score (nSPS) is 12.7. The summed E-state index contributed by atoms with van der Waals surface area (Å²) < 4.78 is 4.44. The first-order chi connectivity index (χ1) is 8.26. The zero-order valence-electron chi connectivity index (χ0n) is 10.7. The van der Waals surface area contributed by atoms with Crippen molar-refractivity contribution < 1.29 is 29.3 Å². The van der Waals surface area contributed by atoms with Gasteiger partial charge in [0, 0.05) is 5.41 Å². The van der Waals surface area contributed by atoms with Crippen LogP contribution in [0, 0.1) is 5.41 Å². The maximum Gasteiger partial charge on any atom is 0.376 e. The molecule has 0 rings (SSSR count). The van der Waals surface area contributed by atoms with Crippen LogP contribution in [0.5, 0.6) is 0 Å². The quantitative estimate of drug-likeness (QED) is 0.384. The summed E-state index contributed by atoms with van der Waals surface area (Å²) >= 11 is 0. The lowest BCUT2D eigenvalue weighted by atomic mass is 9.87. The monoisotopic (exact) mass is 261 g/mol. The smallest absolute Gasteiger partial charge is 0.376 e. The number of rotatable bonds is 7. The Bertz CT molecular complexity index is 325. The highest BCUT2D eigenvalue weighted by molar-refractivity contribution is 6.34. The minimum atomic E-state index is -1.47. The molecule has 0 heterocycles. The summed E-state index contributed by atoms with van der Waals surface area (Å²) in [5, 5.41) is 20.7. The van der Waals surface area contributed by atoms with E-state index in [1.807, 2.05) is 0 Å². The summed E-state index contributed by atoms with van der Waals surface area (Å²) in [5.74, 6) is -2.76. The maximum atomic E-state index is 11.5. The lowest BCUT2D eigenvalue weighted by Gasteiger charge is -2.26. The van der Waals surface area contributed by atoms with Crippen molar-refractivity contribution in [3.63, 3.8) is 0 Å². The number of hydrogen-bond acceptors (Lipinski definition) is 6. The molecule has 0 unspecified atom stereocenters. The average molecular weight is 261 g/mol. The Balaban J connectivity index is 4.27. The minimum Gasteiger partial charge on any atom is -0.460 e. The van der Waals surface area contributed by atoms with Gasteiger partial charge in [0.25, 0.3) is 5.78 Å². The molecule has 0 aromatic carbocycles. The molecule has 0 aromatic heterocycles. The van der Waals surface area contributed by atoms with Gasteiger partial charge in [0.05, 0.1) is 19.8 Å². The highest BCUT2D eigenvalue weighted by atomic mass is 16.5. The predicted octanol–water partition coefficient (Wildman–Crippen LogP) is -1.39. The van der Waals surface area contributed by atoms with Gasteiger partial charge in [-0.3, -0.25) is 9.59 Å². The van der Waals surface area contributed by atoms with Gasteiger partial charge in [-0.25, -0.2) is 4.79 Å². The lowest BCUT2D eigenvalue weighted by molar-refractivity contribution is -0.153. The number of ether oxygens (including phenoxy) is 1. The Morgan fingerprint density at radius 1 is 1.33 bits per heavy atom. The Kier molecular flexibility index (Phi) is 6.50. The standard InChI is InChI=1S/C11H19NO6/c1-4-18-10(17)7(14)5-12-9(16)8(15)11(2,3)6-13/h8,13,15H,4-6H2,1-3H3,(H,12,16)/t8-/m0/s1. The lowest BCUT2D eigenvalue weighted by Crippen LogP contribution is -2.47. The molecule has 1 amide bonds.